The van der Waals surface area contributed by atoms with E-state index in [0.717, 1.165) is 0 Å². The Morgan fingerprint density at radius 2 is 1.56 bits per heavy atom. The van der Waals surface area contributed by atoms with Gasteiger partial charge in [0.1, 0.15) is 17.5 Å². The first-order chi connectivity index (χ1) is 15.6. The average molecular weight is 475 g/mol. The lowest BCUT2D eigenvalue weighted by Gasteiger charge is -2.62. The van der Waals surface area contributed by atoms with Gasteiger partial charge in [0, 0.05) is 29.7 Å². The number of Topliss-reactive ketones (excluding diaryl/α,β-unsaturated/α-hetero) is 2. The van der Waals surface area contributed by atoms with Crippen LogP contribution in [0.1, 0.15) is 80.1 Å². The summed E-state index contributed by atoms with van der Waals surface area (Å²) in [5.41, 5.74) is -3.78. The summed E-state index contributed by atoms with van der Waals surface area (Å²) in [7, 11) is 0. The minimum absolute atomic E-state index is 0.0783. The molecule has 0 radical (unpaired) electrons. The fourth-order valence-corrected chi connectivity index (χ4v) is 9.08. The molecule has 0 aromatic carbocycles. The van der Waals surface area contributed by atoms with E-state index in [0.29, 0.717) is 36.8 Å². The van der Waals surface area contributed by atoms with Crippen molar-refractivity contribution in [3.8, 4) is 0 Å². The topological polar surface area (TPSA) is 121 Å². The van der Waals surface area contributed by atoms with E-state index < -0.39 is 57.3 Å². The molecular formula is C27H38O7. The van der Waals surface area contributed by atoms with Gasteiger partial charge in [-0.3, -0.25) is 14.4 Å². The van der Waals surface area contributed by atoms with Crippen molar-refractivity contribution in [2.45, 2.75) is 104 Å². The van der Waals surface area contributed by atoms with Crippen LogP contribution in [0.4, 0.5) is 0 Å². The van der Waals surface area contributed by atoms with Gasteiger partial charge in [0.05, 0.1) is 17.6 Å². The number of fused-ring (bicyclic) bond motifs is 4. The number of aliphatic hydroxyl groups is 3. The molecule has 1 aliphatic heterocycles. The Bertz CT molecular complexity index is 1030. The molecule has 5 aliphatic rings. The van der Waals surface area contributed by atoms with Crippen LogP contribution in [0.3, 0.4) is 0 Å². The third-order valence-corrected chi connectivity index (χ3v) is 11.4. The van der Waals surface area contributed by atoms with Gasteiger partial charge in [-0.05, 0) is 61.9 Å². The van der Waals surface area contributed by atoms with Crippen molar-refractivity contribution >= 4 is 17.5 Å². The number of hydrogen-bond donors (Lipinski definition) is 3. The fraction of sp³-hybridized carbons (Fsp3) is 0.815. The van der Waals surface area contributed by atoms with E-state index in [9.17, 15) is 29.7 Å². The van der Waals surface area contributed by atoms with Gasteiger partial charge in [-0.1, -0.05) is 27.7 Å². The molecule has 0 bridgehead atoms. The van der Waals surface area contributed by atoms with Crippen LogP contribution in [0.25, 0.3) is 0 Å². The number of rotatable bonds is 1. The van der Waals surface area contributed by atoms with Crippen LogP contribution in [-0.2, 0) is 19.1 Å². The Morgan fingerprint density at radius 1 is 0.912 bits per heavy atom. The second-order valence-corrected chi connectivity index (χ2v) is 13.0. The largest absolute Gasteiger partial charge is 0.459 e. The van der Waals surface area contributed by atoms with Gasteiger partial charge in [0.15, 0.2) is 5.78 Å². The van der Waals surface area contributed by atoms with Gasteiger partial charge in [-0.2, -0.15) is 0 Å². The first-order valence-corrected chi connectivity index (χ1v) is 12.7. The zero-order valence-corrected chi connectivity index (χ0v) is 21.1. The Morgan fingerprint density at radius 3 is 2.15 bits per heavy atom. The Hall–Kier alpha value is -1.57. The van der Waals surface area contributed by atoms with Crippen molar-refractivity contribution in [2.24, 2.45) is 33.5 Å². The fourth-order valence-electron chi connectivity index (χ4n) is 9.08. The van der Waals surface area contributed by atoms with Crippen molar-refractivity contribution in [3.05, 3.63) is 11.1 Å². The molecule has 0 amide bonds. The summed E-state index contributed by atoms with van der Waals surface area (Å²) in [4.78, 5) is 40.0. The highest BCUT2D eigenvalue weighted by atomic mass is 16.6. The highest BCUT2D eigenvalue weighted by Gasteiger charge is 2.75. The van der Waals surface area contributed by atoms with Gasteiger partial charge >= 0.3 is 5.97 Å². The summed E-state index contributed by atoms with van der Waals surface area (Å²) in [6.45, 7) is 11.3. The van der Waals surface area contributed by atoms with Crippen molar-refractivity contribution in [1.29, 1.82) is 0 Å². The molecule has 0 aromatic rings. The summed E-state index contributed by atoms with van der Waals surface area (Å²) < 4.78 is 5.71. The molecule has 188 valence electrons. The number of ketones is 2. The molecule has 7 nitrogen and oxygen atoms in total. The van der Waals surface area contributed by atoms with Crippen LogP contribution in [0.2, 0.25) is 0 Å². The van der Waals surface area contributed by atoms with Crippen molar-refractivity contribution < 1.29 is 34.4 Å². The zero-order valence-electron chi connectivity index (χ0n) is 21.1. The molecule has 0 aromatic heterocycles. The van der Waals surface area contributed by atoms with Gasteiger partial charge in [0.25, 0.3) is 0 Å². The summed E-state index contributed by atoms with van der Waals surface area (Å²) >= 11 is 0. The number of esters is 1. The molecule has 4 aliphatic carbocycles. The molecule has 2 saturated carbocycles. The van der Waals surface area contributed by atoms with Gasteiger partial charge in [-0.25, -0.2) is 0 Å². The molecule has 1 saturated heterocycles. The lowest BCUT2D eigenvalue weighted by Crippen LogP contribution is -2.65. The van der Waals surface area contributed by atoms with Crippen molar-refractivity contribution in [1.82, 2.24) is 0 Å². The van der Waals surface area contributed by atoms with Crippen LogP contribution >= 0.6 is 0 Å². The van der Waals surface area contributed by atoms with E-state index in [4.69, 9.17) is 4.74 Å². The number of hydrogen-bond acceptors (Lipinski definition) is 7. The molecular weight excluding hydrogens is 436 g/mol. The average Bonchev–Trinajstić information content (AvgIpc) is 3.21. The first kappa shape index (κ1) is 24.1. The van der Waals surface area contributed by atoms with E-state index in [1.165, 1.54) is 0 Å². The Kier molecular flexibility index (Phi) is 4.83. The predicted octanol–water partition coefficient (Wildman–Crippen LogP) is 2.49. The van der Waals surface area contributed by atoms with Gasteiger partial charge < -0.3 is 20.1 Å². The van der Waals surface area contributed by atoms with Crippen LogP contribution < -0.4 is 0 Å². The van der Waals surface area contributed by atoms with Crippen molar-refractivity contribution in [3.63, 3.8) is 0 Å². The minimum atomic E-state index is -1.46. The highest BCUT2D eigenvalue weighted by Crippen LogP contribution is 2.71. The minimum Gasteiger partial charge on any atom is -0.459 e. The smallest absolute Gasteiger partial charge is 0.306 e. The first-order valence-electron chi connectivity index (χ1n) is 12.7. The molecule has 0 unspecified atom stereocenters. The molecule has 3 N–H and O–H groups in total. The van der Waals surface area contributed by atoms with Crippen LogP contribution in [0.5, 0.6) is 0 Å². The molecule has 9 atom stereocenters. The monoisotopic (exact) mass is 474 g/mol. The maximum atomic E-state index is 14.1. The second-order valence-electron chi connectivity index (χ2n) is 13.0. The third-order valence-electron chi connectivity index (χ3n) is 11.4. The van der Waals surface area contributed by atoms with E-state index in [1.807, 2.05) is 20.8 Å². The van der Waals surface area contributed by atoms with E-state index in [2.05, 4.69) is 0 Å². The lowest BCUT2D eigenvalue weighted by molar-refractivity contribution is -0.174. The number of cyclic esters (lactones) is 1. The normalized spacial score (nSPS) is 52.3. The van der Waals surface area contributed by atoms with Crippen molar-refractivity contribution in [2.75, 3.05) is 0 Å². The standard InChI is InChI=1S/C27H38O7/c1-23(2)14-11-13(28)19-20(24(14,3)9-7-16(23)29)21(32)22(33)26(5)15(12-17(30)27(19,26)6)25(4)10-8-18(31)34-25/h13-16,22,28-29,33H,7-12H2,1-6H3/t13-,14-,15+,16-,22+,24-,25-,26-,27-/m0/s1. The summed E-state index contributed by atoms with van der Waals surface area (Å²) in [5, 5.41) is 34.0. The number of carbonyl (C=O) groups is 3. The number of carbonyl (C=O) groups excluding carboxylic acids is 3. The van der Waals surface area contributed by atoms with Crippen LogP contribution in [-0.4, -0.2) is 56.8 Å². The lowest BCUT2D eigenvalue weighted by atomic mass is 9.41. The summed E-state index contributed by atoms with van der Waals surface area (Å²) in [5.74, 6) is -1.61. The maximum Gasteiger partial charge on any atom is 0.306 e. The third kappa shape index (κ3) is 2.51. The highest BCUT2D eigenvalue weighted by molar-refractivity contribution is 6.07. The molecule has 5 rings (SSSR count). The predicted molar refractivity (Wildman–Crippen MR) is 122 cm³/mol. The van der Waals surface area contributed by atoms with Gasteiger partial charge in [0.2, 0.25) is 0 Å². The van der Waals surface area contributed by atoms with Crippen LogP contribution in [0, 0.1) is 33.5 Å². The summed E-state index contributed by atoms with van der Waals surface area (Å²) in [6, 6.07) is 0. The Labute approximate surface area is 200 Å². The number of aliphatic hydroxyl groups excluding tert-OH is 3. The Balaban J connectivity index is 1.73. The quantitative estimate of drug-likeness (QED) is 0.499. The molecule has 3 fully saturated rings. The zero-order chi connectivity index (χ0) is 25.2. The van der Waals surface area contributed by atoms with E-state index in [-0.39, 0.29) is 30.5 Å². The summed E-state index contributed by atoms with van der Waals surface area (Å²) in [6.07, 6.45) is -0.891. The molecule has 7 heteroatoms. The second kappa shape index (κ2) is 6.80. The molecule has 1 heterocycles. The van der Waals surface area contributed by atoms with Crippen LogP contribution in [0.15, 0.2) is 11.1 Å². The molecule has 34 heavy (non-hydrogen) atoms. The van der Waals surface area contributed by atoms with Gasteiger partial charge in [-0.15, -0.1) is 0 Å². The molecule has 0 spiro atoms. The van der Waals surface area contributed by atoms with E-state index >= 15 is 0 Å². The maximum absolute atomic E-state index is 14.1. The van der Waals surface area contributed by atoms with E-state index in [1.54, 1.807) is 20.8 Å². The SMILES string of the molecule is CC1(C)[C@@H](O)CC[C@]2(C)C3=C([C@@H](O)C[C@@H]12)[C@]1(C)C(=O)C[C@H]([C@]2(C)CCC(=O)O2)[C@@]1(C)[C@H](O)C3=O. The number of ether oxygens (including phenoxy) is 1.